The number of rotatable bonds is 4. The predicted octanol–water partition coefficient (Wildman–Crippen LogP) is 1.84. The summed E-state index contributed by atoms with van der Waals surface area (Å²) in [5.74, 6) is 1.74. The summed E-state index contributed by atoms with van der Waals surface area (Å²) in [6.45, 7) is 3.88. The Morgan fingerprint density at radius 3 is 2.70 bits per heavy atom. The maximum absolute atomic E-state index is 5.75. The van der Waals surface area contributed by atoms with Crippen LogP contribution in [0.3, 0.4) is 0 Å². The Hall–Kier alpha value is -2.01. The molecular weight excluding hydrogens is 254 g/mol. The first-order valence-electron chi connectivity index (χ1n) is 6.86. The van der Waals surface area contributed by atoms with Crippen molar-refractivity contribution in [2.24, 2.45) is 7.05 Å². The SMILES string of the molecule is Cn1nc(OCc2ccccc2)cc1N1CCOCC1. The quantitative estimate of drug-likeness (QED) is 0.852. The van der Waals surface area contributed by atoms with E-state index in [2.05, 4.69) is 10.00 Å². The molecule has 5 heteroatoms. The van der Waals surface area contributed by atoms with Gasteiger partial charge in [-0.3, -0.25) is 0 Å². The van der Waals surface area contributed by atoms with Gasteiger partial charge in [-0.1, -0.05) is 30.3 Å². The van der Waals surface area contributed by atoms with Crippen LogP contribution in [0.2, 0.25) is 0 Å². The minimum absolute atomic E-state index is 0.542. The number of hydrogen-bond acceptors (Lipinski definition) is 4. The Labute approximate surface area is 118 Å². The highest BCUT2D eigenvalue weighted by molar-refractivity contribution is 5.43. The molecule has 0 atom stereocenters. The molecule has 1 aliphatic rings. The highest BCUT2D eigenvalue weighted by Crippen LogP contribution is 2.21. The van der Waals surface area contributed by atoms with E-state index in [1.807, 2.05) is 48.1 Å². The molecule has 0 radical (unpaired) electrons. The number of benzene rings is 1. The molecule has 2 heterocycles. The van der Waals surface area contributed by atoms with Crippen LogP contribution in [-0.2, 0) is 18.4 Å². The fraction of sp³-hybridized carbons (Fsp3) is 0.400. The molecular formula is C15H19N3O2. The van der Waals surface area contributed by atoms with Gasteiger partial charge in [-0.2, -0.15) is 0 Å². The highest BCUT2D eigenvalue weighted by Gasteiger charge is 2.16. The second kappa shape index (κ2) is 5.96. The van der Waals surface area contributed by atoms with Crippen molar-refractivity contribution in [1.82, 2.24) is 9.78 Å². The van der Waals surface area contributed by atoms with E-state index in [0.29, 0.717) is 12.5 Å². The summed E-state index contributed by atoms with van der Waals surface area (Å²) in [6, 6.07) is 12.1. The fourth-order valence-electron chi connectivity index (χ4n) is 2.32. The van der Waals surface area contributed by atoms with E-state index in [9.17, 15) is 0 Å². The summed E-state index contributed by atoms with van der Waals surface area (Å²) in [6.07, 6.45) is 0. The Morgan fingerprint density at radius 2 is 1.95 bits per heavy atom. The summed E-state index contributed by atoms with van der Waals surface area (Å²) < 4.78 is 13.0. The van der Waals surface area contributed by atoms with Crippen molar-refractivity contribution in [3.63, 3.8) is 0 Å². The molecule has 2 aromatic rings. The Bertz CT molecular complexity index is 548. The van der Waals surface area contributed by atoms with Gasteiger partial charge in [0.15, 0.2) is 0 Å². The van der Waals surface area contributed by atoms with Gasteiger partial charge in [0.05, 0.1) is 13.2 Å². The number of morpholine rings is 1. The van der Waals surface area contributed by atoms with Crippen molar-refractivity contribution in [2.75, 3.05) is 31.2 Å². The van der Waals surface area contributed by atoms with Crippen molar-refractivity contribution >= 4 is 5.82 Å². The molecule has 0 aliphatic carbocycles. The third kappa shape index (κ3) is 2.93. The van der Waals surface area contributed by atoms with Gasteiger partial charge in [0, 0.05) is 26.2 Å². The van der Waals surface area contributed by atoms with E-state index in [-0.39, 0.29) is 0 Å². The van der Waals surface area contributed by atoms with Crippen LogP contribution in [0.25, 0.3) is 0 Å². The van der Waals surface area contributed by atoms with Crippen LogP contribution in [0.4, 0.5) is 5.82 Å². The molecule has 0 unspecified atom stereocenters. The van der Waals surface area contributed by atoms with Gasteiger partial charge in [0.2, 0.25) is 5.88 Å². The topological polar surface area (TPSA) is 39.5 Å². The molecule has 0 bridgehead atoms. The lowest BCUT2D eigenvalue weighted by Crippen LogP contribution is -2.37. The van der Waals surface area contributed by atoms with Crippen LogP contribution in [0.15, 0.2) is 36.4 Å². The first kappa shape index (κ1) is 13.0. The fourth-order valence-corrected chi connectivity index (χ4v) is 2.32. The van der Waals surface area contributed by atoms with E-state index in [4.69, 9.17) is 9.47 Å². The lowest BCUT2D eigenvalue weighted by Gasteiger charge is -2.28. The number of nitrogens with zero attached hydrogens (tertiary/aromatic N) is 3. The van der Waals surface area contributed by atoms with Gasteiger partial charge >= 0.3 is 0 Å². The van der Waals surface area contributed by atoms with Crippen LogP contribution < -0.4 is 9.64 Å². The van der Waals surface area contributed by atoms with E-state index in [1.165, 1.54) is 0 Å². The largest absolute Gasteiger partial charge is 0.472 e. The van der Waals surface area contributed by atoms with Gasteiger partial charge in [-0.05, 0) is 5.56 Å². The molecule has 5 nitrogen and oxygen atoms in total. The van der Waals surface area contributed by atoms with E-state index >= 15 is 0 Å². The van der Waals surface area contributed by atoms with E-state index in [0.717, 1.165) is 37.7 Å². The minimum atomic E-state index is 0.542. The molecule has 1 fully saturated rings. The summed E-state index contributed by atoms with van der Waals surface area (Å²) in [5.41, 5.74) is 1.14. The van der Waals surface area contributed by atoms with Crippen LogP contribution in [-0.4, -0.2) is 36.1 Å². The third-order valence-corrected chi connectivity index (χ3v) is 3.40. The number of anilines is 1. The molecule has 0 amide bonds. The average molecular weight is 273 g/mol. The van der Waals surface area contributed by atoms with Gasteiger partial charge in [0.25, 0.3) is 0 Å². The molecule has 1 aromatic carbocycles. The molecule has 3 rings (SSSR count). The summed E-state index contributed by atoms with van der Waals surface area (Å²) in [5, 5.41) is 4.41. The predicted molar refractivity (Wildman–Crippen MR) is 77.0 cm³/mol. The van der Waals surface area contributed by atoms with E-state index < -0.39 is 0 Å². The number of ether oxygens (including phenoxy) is 2. The lowest BCUT2D eigenvalue weighted by atomic mass is 10.2. The first-order chi connectivity index (χ1) is 9.83. The number of hydrogen-bond donors (Lipinski definition) is 0. The summed E-state index contributed by atoms with van der Waals surface area (Å²) >= 11 is 0. The normalized spacial score (nSPS) is 15.3. The zero-order valence-corrected chi connectivity index (χ0v) is 11.7. The van der Waals surface area contributed by atoms with Crippen molar-refractivity contribution in [3.8, 4) is 5.88 Å². The second-order valence-corrected chi connectivity index (χ2v) is 4.84. The molecule has 106 valence electrons. The Kier molecular flexibility index (Phi) is 3.87. The zero-order chi connectivity index (χ0) is 13.8. The lowest BCUT2D eigenvalue weighted by molar-refractivity contribution is 0.122. The van der Waals surface area contributed by atoms with Crippen molar-refractivity contribution in [1.29, 1.82) is 0 Å². The minimum Gasteiger partial charge on any atom is -0.472 e. The number of aromatic nitrogens is 2. The van der Waals surface area contributed by atoms with Gasteiger partial charge in [0.1, 0.15) is 12.4 Å². The average Bonchev–Trinajstić information content (AvgIpc) is 2.88. The zero-order valence-electron chi connectivity index (χ0n) is 11.7. The second-order valence-electron chi connectivity index (χ2n) is 4.84. The van der Waals surface area contributed by atoms with Crippen LogP contribution in [0.1, 0.15) is 5.56 Å². The molecule has 0 spiro atoms. The molecule has 0 saturated carbocycles. The molecule has 20 heavy (non-hydrogen) atoms. The van der Waals surface area contributed by atoms with Crippen molar-refractivity contribution < 1.29 is 9.47 Å². The van der Waals surface area contributed by atoms with Crippen molar-refractivity contribution in [3.05, 3.63) is 42.0 Å². The Morgan fingerprint density at radius 1 is 1.20 bits per heavy atom. The van der Waals surface area contributed by atoms with Crippen molar-refractivity contribution in [2.45, 2.75) is 6.61 Å². The molecule has 1 aliphatic heterocycles. The van der Waals surface area contributed by atoms with E-state index in [1.54, 1.807) is 0 Å². The van der Waals surface area contributed by atoms with Crippen LogP contribution >= 0.6 is 0 Å². The standard InChI is InChI=1S/C15H19N3O2/c1-17-15(18-7-9-19-10-8-18)11-14(16-17)20-12-13-5-3-2-4-6-13/h2-6,11H,7-10,12H2,1H3. The monoisotopic (exact) mass is 273 g/mol. The van der Waals surface area contributed by atoms with Gasteiger partial charge in [-0.15, -0.1) is 5.10 Å². The maximum atomic E-state index is 5.75. The molecule has 1 saturated heterocycles. The molecule has 1 aromatic heterocycles. The number of aryl methyl sites for hydroxylation is 1. The summed E-state index contributed by atoms with van der Waals surface area (Å²) in [7, 11) is 1.94. The first-order valence-corrected chi connectivity index (χ1v) is 6.86. The Balaban J connectivity index is 1.66. The van der Waals surface area contributed by atoms with Gasteiger partial charge < -0.3 is 14.4 Å². The van der Waals surface area contributed by atoms with Crippen LogP contribution in [0.5, 0.6) is 5.88 Å². The third-order valence-electron chi connectivity index (χ3n) is 3.40. The highest BCUT2D eigenvalue weighted by atomic mass is 16.5. The smallest absolute Gasteiger partial charge is 0.235 e. The van der Waals surface area contributed by atoms with Gasteiger partial charge in [-0.25, -0.2) is 4.68 Å². The molecule has 0 N–H and O–H groups in total. The maximum Gasteiger partial charge on any atom is 0.235 e. The summed E-state index contributed by atoms with van der Waals surface area (Å²) in [4.78, 5) is 2.27. The van der Waals surface area contributed by atoms with Crippen LogP contribution in [0, 0.1) is 0 Å².